The molecule has 9 heteroatoms. The van der Waals surface area contributed by atoms with Crippen molar-refractivity contribution in [1.82, 2.24) is 4.90 Å². The molecule has 4 saturated carbocycles. The van der Waals surface area contributed by atoms with Crippen LogP contribution in [-0.4, -0.2) is 52.2 Å². The van der Waals surface area contributed by atoms with Crippen molar-refractivity contribution in [3.8, 4) is 0 Å². The van der Waals surface area contributed by atoms with E-state index < -0.39 is 0 Å². The molecule has 0 radical (unpaired) electrons. The van der Waals surface area contributed by atoms with Crippen LogP contribution in [0.4, 0.5) is 0 Å². The van der Waals surface area contributed by atoms with E-state index in [1.54, 1.807) is 17.6 Å². The van der Waals surface area contributed by atoms with Crippen LogP contribution >= 0.6 is 24.0 Å². The lowest BCUT2D eigenvalue weighted by Gasteiger charge is -2.70. The summed E-state index contributed by atoms with van der Waals surface area (Å²) in [4.78, 5) is 45.5. The maximum Gasteiger partial charge on any atom is 0.335 e. The lowest BCUT2D eigenvalue weighted by molar-refractivity contribution is -0.181. The number of amides is 1. The van der Waals surface area contributed by atoms with Gasteiger partial charge in [-0.25, -0.2) is 4.79 Å². The highest BCUT2D eigenvalue weighted by Gasteiger charge is 2.69. The zero-order valence-corrected chi connectivity index (χ0v) is 33.0. The van der Waals surface area contributed by atoms with Crippen molar-refractivity contribution in [3.63, 3.8) is 0 Å². The van der Waals surface area contributed by atoms with Crippen molar-refractivity contribution in [1.29, 1.82) is 0 Å². The first kappa shape index (κ1) is 37.0. The van der Waals surface area contributed by atoms with Crippen LogP contribution in [0.25, 0.3) is 0 Å². The van der Waals surface area contributed by atoms with Gasteiger partial charge in [0, 0.05) is 18.4 Å². The molecule has 5 aliphatic carbocycles. The number of ether oxygens (including phenoxy) is 1. The maximum absolute atomic E-state index is 13.5. The van der Waals surface area contributed by atoms with Gasteiger partial charge in [-0.3, -0.25) is 14.5 Å². The van der Waals surface area contributed by atoms with Gasteiger partial charge in [0.1, 0.15) is 4.32 Å². The minimum Gasteiger partial charge on any atom is -0.469 e. The van der Waals surface area contributed by atoms with Gasteiger partial charge in [-0.1, -0.05) is 95.7 Å². The van der Waals surface area contributed by atoms with Gasteiger partial charge in [0.05, 0.1) is 24.0 Å². The van der Waals surface area contributed by atoms with Gasteiger partial charge in [0.25, 0.3) is 0 Å². The normalized spacial score (nSPS) is 40.1. The Morgan fingerprint density at radius 3 is 2.41 bits per heavy atom. The molecule has 1 saturated heterocycles. The number of thioether (sulfide) groups is 1. The second-order valence-electron chi connectivity index (χ2n) is 18.5. The van der Waals surface area contributed by atoms with Gasteiger partial charge in [0.2, 0.25) is 5.91 Å². The molecule has 49 heavy (non-hydrogen) atoms. The quantitative estimate of drug-likeness (QED) is 0.0620. The fraction of sp³-hybridized carbons (Fsp3) is 0.825. The average molecular weight is 713 g/mol. The van der Waals surface area contributed by atoms with Crippen LogP contribution in [-0.2, 0) is 24.0 Å². The van der Waals surface area contributed by atoms with Gasteiger partial charge in [-0.05, 0) is 116 Å². The van der Waals surface area contributed by atoms with E-state index in [1.165, 1.54) is 11.8 Å². The number of esters is 1. The molecule has 1 heterocycles. The Morgan fingerprint density at radius 1 is 0.980 bits per heavy atom. The van der Waals surface area contributed by atoms with E-state index in [4.69, 9.17) is 21.8 Å². The highest BCUT2D eigenvalue weighted by molar-refractivity contribution is 8.23. The molecule has 0 aromatic carbocycles. The van der Waals surface area contributed by atoms with Crippen LogP contribution < -0.4 is 0 Å². The summed E-state index contributed by atoms with van der Waals surface area (Å²) in [7, 11) is 1.58. The molecule has 7 nitrogen and oxygen atoms in total. The number of methoxy groups -OCH3 is 1. The molecule has 272 valence electrons. The van der Waals surface area contributed by atoms with Crippen molar-refractivity contribution in [2.45, 2.75) is 138 Å². The van der Waals surface area contributed by atoms with Gasteiger partial charge in [-0.15, -0.1) is 0 Å². The minimum absolute atomic E-state index is 0.0139. The van der Waals surface area contributed by atoms with E-state index in [2.05, 4.69) is 59.7 Å². The first-order valence-corrected chi connectivity index (χ1v) is 20.4. The molecular formula is C40H60N2O5S2. The van der Waals surface area contributed by atoms with E-state index in [0.29, 0.717) is 41.3 Å². The van der Waals surface area contributed by atoms with Crippen LogP contribution in [0.2, 0.25) is 0 Å². The highest BCUT2D eigenvalue weighted by Crippen LogP contribution is 2.75. The van der Waals surface area contributed by atoms with Gasteiger partial charge in [-0.2, -0.15) is 0 Å². The summed E-state index contributed by atoms with van der Waals surface area (Å²) in [5.74, 6) is 1.52. The van der Waals surface area contributed by atoms with Crippen LogP contribution in [0.5, 0.6) is 0 Å². The van der Waals surface area contributed by atoms with E-state index >= 15 is 0 Å². The van der Waals surface area contributed by atoms with Gasteiger partial charge < -0.3 is 9.57 Å². The molecule has 6 aliphatic rings. The van der Waals surface area contributed by atoms with Gasteiger partial charge in [0.15, 0.2) is 0 Å². The van der Waals surface area contributed by atoms with E-state index in [-0.39, 0.29) is 56.3 Å². The van der Waals surface area contributed by atoms with Crippen molar-refractivity contribution >= 4 is 51.9 Å². The predicted molar refractivity (Wildman–Crippen MR) is 200 cm³/mol. The zero-order valence-electron chi connectivity index (χ0n) is 31.4. The number of nitrogens with zero attached hydrogens (tertiary/aromatic N) is 2. The molecule has 1 aliphatic heterocycles. The molecule has 0 bridgehead atoms. The Labute approximate surface area is 304 Å². The number of unbranched alkanes of at least 4 members (excludes halogenated alkanes) is 2. The molecule has 0 spiro atoms. The van der Waals surface area contributed by atoms with E-state index in [0.717, 1.165) is 82.8 Å². The Kier molecular flexibility index (Phi) is 9.85. The van der Waals surface area contributed by atoms with Crippen molar-refractivity contribution < 1.29 is 24.0 Å². The lowest BCUT2D eigenvalue weighted by atomic mass is 9.33. The number of hydrogen-bond donors (Lipinski definition) is 0. The second-order valence-corrected chi connectivity index (χ2v) is 20.1. The Hall–Kier alpha value is -1.74. The fourth-order valence-corrected chi connectivity index (χ4v) is 13.4. The molecule has 0 aromatic rings. The van der Waals surface area contributed by atoms with Gasteiger partial charge >= 0.3 is 11.9 Å². The predicted octanol–water partition coefficient (Wildman–Crippen LogP) is 9.28. The first-order chi connectivity index (χ1) is 22.9. The molecule has 0 unspecified atom stereocenters. The third kappa shape index (κ3) is 5.96. The van der Waals surface area contributed by atoms with Crippen LogP contribution in [0, 0.1) is 50.2 Å². The standard InChI is InChI=1S/C40H60N2O5S2/c1-35(2)19-21-40(33(45)46-8)22-20-38(6)26(27(40)24-35)13-14-29-37(5)17-16-30(36(3,4)28(37)15-18-39(29,38)7)41-47-32(44)12-10-9-11-23-42-31(43)25-49-34(42)48/h13,27-29H,9-12,14-25H2,1-8H3/b41-30-/t27-,28-,29+,37-,38+,39+,40-/m0/s1. The summed E-state index contributed by atoms with van der Waals surface area (Å²) in [6.45, 7) is 17.8. The fourth-order valence-electron chi connectivity index (χ4n) is 12.3. The van der Waals surface area contributed by atoms with Crippen LogP contribution in [0.3, 0.4) is 0 Å². The van der Waals surface area contributed by atoms with Crippen molar-refractivity contribution in [2.24, 2.45) is 55.4 Å². The molecule has 5 fully saturated rings. The monoisotopic (exact) mass is 712 g/mol. The average Bonchev–Trinajstić information content (AvgIpc) is 3.36. The lowest BCUT2D eigenvalue weighted by Crippen LogP contribution is -2.64. The topological polar surface area (TPSA) is 85.3 Å². The van der Waals surface area contributed by atoms with Crippen molar-refractivity contribution in [2.75, 3.05) is 19.4 Å². The highest BCUT2D eigenvalue weighted by atomic mass is 32.2. The molecular weight excluding hydrogens is 653 g/mol. The number of rotatable bonds is 8. The summed E-state index contributed by atoms with van der Waals surface area (Å²) in [6, 6.07) is 0. The third-order valence-electron chi connectivity index (χ3n) is 15.4. The number of thiocarbonyl (C=S) groups is 1. The summed E-state index contributed by atoms with van der Waals surface area (Å²) < 4.78 is 6.21. The molecule has 6 rings (SSSR count). The first-order valence-electron chi connectivity index (χ1n) is 19.0. The summed E-state index contributed by atoms with van der Waals surface area (Å²) in [5.41, 5.74) is 2.61. The maximum atomic E-state index is 13.5. The SMILES string of the molecule is COC(=O)[C@]12CCC(C)(C)C[C@H]1C1=CC[C@@H]3[C@@]4(C)CC/C(=N/OC(=O)CCCCCN5C(=O)CSC5=S)C(C)(C)[C@@H]4CC[C@@]3(C)[C@]1(C)CC2. The summed E-state index contributed by atoms with van der Waals surface area (Å²) in [6.07, 6.45) is 15.6. The minimum atomic E-state index is -0.378. The summed E-state index contributed by atoms with van der Waals surface area (Å²) in [5, 5.41) is 4.57. The summed E-state index contributed by atoms with van der Waals surface area (Å²) >= 11 is 6.68. The largest absolute Gasteiger partial charge is 0.469 e. The Morgan fingerprint density at radius 2 is 1.71 bits per heavy atom. The molecule has 0 N–H and O–H groups in total. The number of carbonyl (C=O) groups excluding carboxylic acids is 3. The number of oxime groups is 1. The number of hydrogen-bond acceptors (Lipinski definition) is 8. The Balaban J connectivity index is 1.14. The molecule has 1 amide bonds. The second kappa shape index (κ2) is 13.0. The van der Waals surface area contributed by atoms with E-state index in [9.17, 15) is 14.4 Å². The number of fused-ring (bicyclic) bond motifs is 7. The van der Waals surface area contributed by atoms with Crippen molar-refractivity contribution in [3.05, 3.63) is 11.6 Å². The molecule has 7 atom stereocenters. The van der Waals surface area contributed by atoms with Crippen LogP contribution in [0.15, 0.2) is 16.8 Å². The Bertz CT molecular complexity index is 1440. The van der Waals surface area contributed by atoms with E-state index in [1.807, 2.05) is 0 Å². The number of carbonyl (C=O) groups is 3. The van der Waals surface area contributed by atoms with Crippen LogP contribution in [0.1, 0.15) is 138 Å². The number of allylic oxidation sites excluding steroid dienone is 2. The molecule has 0 aromatic heterocycles. The zero-order chi connectivity index (χ0) is 35.6. The third-order valence-corrected chi connectivity index (χ3v) is 16.8. The smallest absolute Gasteiger partial charge is 0.335 e.